The second-order valence-corrected chi connectivity index (χ2v) is 17.3. The van der Waals surface area contributed by atoms with Crippen LogP contribution in [0.25, 0.3) is 0 Å². The predicted molar refractivity (Wildman–Crippen MR) is 165 cm³/mol. The lowest BCUT2D eigenvalue weighted by molar-refractivity contribution is -0.330. The molecule has 6 aliphatic rings. The highest BCUT2D eigenvalue weighted by atomic mass is 16.7. The summed E-state index contributed by atoms with van der Waals surface area (Å²) in [6, 6.07) is 0. The smallest absolute Gasteiger partial charge is 0.310 e. The van der Waals surface area contributed by atoms with Crippen molar-refractivity contribution in [3.63, 3.8) is 0 Å². The second-order valence-electron chi connectivity index (χ2n) is 17.3. The van der Waals surface area contributed by atoms with E-state index in [2.05, 4.69) is 54.5 Å². The zero-order valence-electron chi connectivity index (χ0n) is 28.0. The molecule has 0 aromatic carbocycles. The van der Waals surface area contributed by atoms with Gasteiger partial charge in [0.2, 0.25) is 0 Å². The first kappa shape index (κ1) is 32.9. The highest BCUT2D eigenvalue weighted by molar-refractivity contribution is 5.76. The average Bonchev–Trinajstić information content (AvgIpc) is 2.96. The molecule has 5 N–H and O–H groups in total. The molecule has 8 nitrogen and oxygen atoms in total. The molecule has 8 heteroatoms. The largest absolute Gasteiger partial charge is 0.481 e. The van der Waals surface area contributed by atoms with E-state index in [4.69, 9.17) is 9.47 Å². The highest BCUT2D eigenvalue weighted by Gasteiger charge is 2.69. The number of carboxylic acids is 1. The number of allylic oxidation sites excluding steroid dienone is 2. The van der Waals surface area contributed by atoms with Crippen LogP contribution in [0.15, 0.2) is 11.6 Å². The minimum Gasteiger partial charge on any atom is -0.481 e. The van der Waals surface area contributed by atoms with Crippen molar-refractivity contribution in [3.05, 3.63) is 11.6 Å². The van der Waals surface area contributed by atoms with Crippen LogP contribution >= 0.6 is 0 Å². The molecule has 15 atom stereocenters. The Kier molecular flexibility index (Phi) is 8.03. The lowest BCUT2D eigenvalue weighted by Gasteiger charge is -2.71. The minimum atomic E-state index is -1.45. The highest BCUT2D eigenvalue weighted by Crippen LogP contribution is 2.76. The summed E-state index contributed by atoms with van der Waals surface area (Å²) < 4.78 is 12.2. The first-order chi connectivity index (χ1) is 20.5. The molecule has 1 heterocycles. The first-order valence-electron chi connectivity index (χ1n) is 17.4. The van der Waals surface area contributed by atoms with Gasteiger partial charge in [0.25, 0.3) is 0 Å². The van der Waals surface area contributed by atoms with E-state index in [1.54, 1.807) is 0 Å². The summed E-state index contributed by atoms with van der Waals surface area (Å²) in [6.07, 6.45) is 4.29. The van der Waals surface area contributed by atoms with Crippen molar-refractivity contribution in [3.8, 4) is 0 Å². The Hall–Kier alpha value is -1.03. The minimum absolute atomic E-state index is 0.0351. The van der Waals surface area contributed by atoms with Gasteiger partial charge in [-0.05, 0) is 109 Å². The van der Waals surface area contributed by atoms with Gasteiger partial charge in [-0.3, -0.25) is 4.79 Å². The van der Waals surface area contributed by atoms with Gasteiger partial charge in [0.05, 0.1) is 18.1 Å². The molecule has 0 aromatic rings. The molecule has 1 saturated heterocycles. The number of aliphatic hydroxyl groups is 4. The van der Waals surface area contributed by atoms with E-state index in [1.165, 1.54) is 5.57 Å². The molecule has 0 bridgehead atoms. The van der Waals surface area contributed by atoms with E-state index < -0.39 is 48.7 Å². The number of ether oxygens (including phenoxy) is 2. The van der Waals surface area contributed by atoms with Gasteiger partial charge >= 0.3 is 5.97 Å². The lowest BCUT2D eigenvalue weighted by atomic mass is 9.33. The molecular formula is C36H58O8. The van der Waals surface area contributed by atoms with E-state index >= 15 is 0 Å². The Bertz CT molecular complexity index is 1170. The molecule has 44 heavy (non-hydrogen) atoms. The van der Waals surface area contributed by atoms with E-state index in [0.717, 1.165) is 57.8 Å². The number of aliphatic hydroxyl groups excluding tert-OH is 4. The van der Waals surface area contributed by atoms with Gasteiger partial charge in [0.15, 0.2) is 6.29 Å². The van der Waals surface area contributed by atoms with Crippen LogP contribution in [0.3, 0.4) is 0 Å². The molecular weight excluding hydrogens is 560 g/mol. The quantitative estimate of drug-likeness (QED) is 0.221. The molecule has 4 saturated carbocycles. The van der Waals surface area contributed by atoms with Crippen molar-refractivity contribution in [1.82, 2.24) is 0 Å². The van der Waals surface area contributed by atoms with E-state index in [0.29, 0.717) is 23.7 Å². The van der Waals surface area contributed by atoms with Crippen LogP contribution in [-0.4, -0.2) is 74.9 Å². The van der Waals surface area contributed by atoms with Gasteiger partial charge in [0.1, 0.15) is 24.4 Å². The molecule has 0 unspecified atom stereocenters. The van der Waals surface area contributed by atoms with Gasteiger partial charge in [-0.15, -0.1) is 0 Å². The SMILES string of the molecule is C[C@H]1[C@H](C)CC[C@]2(C(=O)O)CC[C@]3(C)C(=CC[C@@H]4[C@@]5(C)CC[C@H](O[C@@H]6O[C@H](CO)[C@@H](O)[C@H](O)[C@H]6O)C(C)(C)[C@@H]5CC[C@]43C)[C@H]12. The van der Waals surface area contributed by atoms with Crippen LogP contribution in [-0.2, 0) is 14.3 Å². The van der Waals surface area contributed by atoms with Gasteiger partial charge in [-0.2, -0.15) is 0 Å². The van der Waals surface area contributed by atoms with Crippen LogP contribution in [0, 0.1) is 56.7 Å². The zero-order chi connectivity index (χ0) is 32.2. The monoisotopic (exact) mass is 618 g/mol. The summed E-state index contributed by atoms with van der Waals surface area (Å²) in [7, 11) is 0. The van der Waals surface area contributed by atoms with Crippen LogP contribution in [0.1, 0.15) is 106 Å². The Labute approximate surface area is 263 Å². The van der Waals surface area contributed by atoms with Crippen molar-refractivity contribution in [1.29, 1.82) is 0 Å². The van der Waals surface area contributed by atoms with Crippen molar-refractivity contribution >= 4 is 5.97 Å². The number of hydrogen-bond acceptors (Lipinski definition) is 7. The fraction of sp³-hybridized carbons (Fsp3) is 0.917. The number of carboxylic acid groups (broad SMARTS) is 1. The third kappa shape index (κ3) is 4.26. The number of aliphatic carboxylic acids is 1. The Morgan fingerprint density at radius 2 is 1.61 bits per heavy atom. The van der Waals surface area contributed by atoms with Gasteiger partial charge in [-0.1, -0.05) is 60.1 Å². The van der Waals surface area contributed by atoms with Crippen molar-refractivity contribution in [2.45, 2.75) is 143 Å². The lowest BCUT2D eigenvalue weighted by Crippen LogP contribution is -2.66. The number of carbonyl (C=O) groups is 1. The molecule has 0 aromatic heterocycles. The molecule has 5 fully saturated rings. The molecule has 0 spiro atoms. The predicted octanol–water partition coefficient (Wildman–Crippen LogP) is 4.91. The van der Waals surface area contributed by atoms with E-state index in [1.807, 2.05) is 0 Å². The Morgan fingerprint density at radius 1 is 0.909 bits per heavy atom. The third-order valence-electron chi connectivity index (χ3n) is 15.5. The molecule has 0 amide bonds. The summed E-state index contributed by atoms with van der Waals surface area (Å²) in [5.41, 5.74) is 0.662. The van der Waals surface area contributed by atoms with Crippen molar-refractivity contribution in [2.75, 3.05) is 6.61 Å². The Balaban J connectivity index is 1.30. The normalized spacial score (nSPS) is 55.1. The summed E-state index contributed by atoms with van der Waals surface area (Å²) in [5.74, 6) is 1.21. The maximum Gasteiger partial charge on any atom is 0.310 e. The number of rotatable bonds is 4. The summed E-state index contributed by atoms with van der Waals surface area (Å²) in [5, 5.41) is 51.7. The van der Waals surface area contributed by atoms with Crippen LogP contribution in [0.2, 0.25) is 0 Å². The van der Waals surface area contributed by atoms with Gasteiger partial charge in [-0.25, -0.2) is 0 Å². The molecule has 250 valence electrons. The molecule has 6 rings (SSSR count). The van der Waals surface area contributed by atoms with E-state index in [9.17, 15) is 30.3 Å². The van der Waals surface area contributed by atoms with Crippen LogP contribution in [0.4, 0.5) is 0 Å². The summed E-state index contributed by atoms with van der Waals surface area (Å²) in [6.45, 7) is 16.2. The molecule has 1 aliphatic heterocycles. The first-order valence-corrected chi connectivity index (χ1v) is 17.4. The van der Waals surface area contributed by atoms with Gasteiger partial charge in [0, 0.05) is 0 Å². The fourth-order valence-electron chi connectivity index (χ4n) is 12.4. The third-order valence-corrected chi connectivity index (χ3v) is 15.5. The van der Waals surface area contributed by atoms with Gasteiger partial charge < -0.3 is 35.0 Å². The topological polar surface area (TPSA) is 137 Å². The maximum atomic E-state index is 13.0. The van der Waals surface area contributed by atoms with Crippen molar-refractivity contribution in [2.24, 2.45) is 56.7 Å². The average molecular weight is 619 g/mol. The number of fused-ring (bicyclic) bond motifs is 7. The Morgan fingerprint density at radius 3 is 2.27 bits per heavy atom. The zero-order valence-corrected chi connectivity index (χ0v) is 28.0. The summed E-state index contributed by atoms with van der Waals surface area (Å²) >= 11 is 0. The molecule has 0 radical (unpaired) electrons. The number of hydrogen-bond donors (Lipinski definition) is 5. The maximum absolute atomic E-state index is 13.0. The van der Waals surface area contributed by atoms with Crippen LogP contribution in [0.5, 0.6) is 0 Å². The fourth-order valence-corrected chi connectivity index (χ4v) is 12.4. The van der Waals surface area contributed by atoms with E-state index in [-0.39, 0.29) is 33.7 Å². The van der Waals surface area contributed by atoms with Crippen molar-refractivity contribution < 1.29 is 39.8 Å². The standard InChI is InChI=1S/C36H58O8/c1-19-10-15-36(31(41)42)17-16-34(6)21(26(36)20(19)2)8-9-24-33(5)13-12-25(32(3,4)23(33)11-14-35(24,34)7)44-30-29(40)28(39)27(38)22(18-37)43-30/h8,19-20,22-30,37-40H,9-18H2,1-7H3,(H,41,42)/t19-,20+,22-,23+,24-,25+,26+,27-,28+,29-,30+,33+,34-,35-,36+/m1/s1. The van der Waals surface area contributed by atoms with Crippen LogP contribution < -0.4 is 0 Å². The molecule has 5 aliphatic carbocycles. The second kappa shape index (κ2) is 10.7. The summed E-state index contributed by atoms with van der Waals surface area (Å²) in [4.78, 5) is 13.0.